The van der Waals surface area contributed by atoms with Gasteiger partial charge in [0.2, 0.25) is 0 Å². The van der Waals surface area contributed by atoms with E-state index in [-0.39, 0.29) is 0 Å². The number of unbranched alkanes of at least 4 members (excludes halogenated alkanes) is 10. The third kappa shape index (κ3) is 9.95. The maximum absolute atomic E-state index is 6.95. The summed E-state index contributed by atoms with van der Waals surface area (Å²) in [5, 5.41) is -0.787. The van der Waals surface area contributed by atoms with E-state index in [1.807, 2.05) is 12.1 Å². The molecule has 0 aliphatic heterocycles. The van der Waals surface area contributed by atoms with Crippen LogP contribution < -0.4 is 0 Å². The molecule has 0 N–H and O–H groups in total. The molecule has 0 saturated heterocycles. The Bertz CT molecular complexity index is 635. The first-order valence-corrected chi connectivity index (χ1v) is 13.5. The second kappa shape index (κ2) is 16.2. The van der Waals surface area contributed by atoms with Crippen LogP contribution in [0.15, 0.2) is 30.3 Å². The molecule has 0 fully saturated rings. The highest BCUT2D eigenvalue weighted by molar-refractivity contribution is 6.23. The molecule has 31 heavy (non-hydrogen) atoms. The van der Waals surface area contributed by atoms with E-state index in [0.717, 1.165) is 60.9 Å². The average molecular weight is 490 g/mol. The Balaban J connectivity index is 1.74. The smallest absolute Gasteiger partial charge is 0.171 e. The molecule has 1 aromatic carbocycles. The largest absolute Gasteiger partial charge is 0.493 e. The predicted molar refractivity (Wildman–Crippen MR) is 135 cm³/mol. The van der Waals surface area contributed by atoms with E-state index in [2.05, 4.69) is 18.2 Å². The summed E-state index contributed by atoms with van der Waals surface area (Å²) in [4.78, 5) is 0. The van der Waals surface area contributed by atoms with Crippen molar-refractivity contribution < 1.29 is 9.47 Å². The minimum absolute atomic E-state index is 0.634. The molecule has 1 atom stereocenters. The first-order valence-electron chi connectivity index (χ1n) is 12.1. The van der Waals surface area contributed by atoms with Gasteiger partial charge in [-0.1, -0.05) is 87.2 Å². The third-order valence-corrected chi connectivity index (χ3v) is 6.79. The molecule has 0 heterocycles. The van der Waals surface area contributed by atoms with Crippen molar-refractivity contribution in [1.82, 2.24) is 0 Å². The van der Waals surface area contributed by atoms with Crippen molar-refractivity contribution in [2.24, 2.45) is 0 Å². The number of rotatable bonds is 18. The van der Waals surface area contributed by atoms with Crippen LogP contribution in [0.4, 0.5) is 0 Å². The Hall–Kier alpha value is -0.410. The molecule has 0 amide bonds. The summed E-state index contributed by atoms with van der Waals surface area (Å²) in [5.74, 6) is 2.49. The lowest BCUT2D eigenvalue weighted by atomic mass is 9.92. The molecular formula is C26H39Cl3O2. The van der Waals surface area contributed by atoms with E-state index < -0.39 is 5.06 Å². The fourth-order valence-corrected chi connectivity index (χ4v) is 4.66. The minimum atomic E-state index is -0.787. The topological polar surface area (TPSA) is 18.5 Å². The van der Waals surface area contributed by atoms with Crippen molar-refractivity contribution in [1.29, 1.82) is 0 Å². The Morgan fingerprint density at radius 2 is 1.26 bits per heavy atom. The number of benzene rings is 1. The third-order valence-electron chi connectivity index (χ3n) is 5.79. The summed E-state index contributed by atoms with van der Waals surface area (Å²) in [6.07, 6.45) is 16.9. The lowest BCUT2D eigenvalue weighted by molar-refractivity contribution is 0.0138. The SMILES string of the molecule is ClCCCCCCCCOC1=CCC(Cl)(OCCCCCCCCCl)c2ccccc21. The van der Waals surface area contributed by atoms with Gasteiger partial charge in [-0.15, -0.1) is 23.2 Å². The van der Waals surface area contributed by atoms with E-state index in [9.17, 15) is 0 Å². The molecule has 1 unspecified atom stereocenters. The van der Waals surface area contributed by atoms with Gasteiger partial charge in [0.05, 0.1) is 6.61 Å². The standard InChI is InChI=1S/C26H39Cl3O2/c27-19-11-5-1-3-7-13-21-30-25-17-18-26(29,24-16-10-9-15-23(24)25)31-22-14-8-4-2-6-12-20-28/h9-10,15-17H,1-8,11-14,18-22H2. The van der Waals surface area contributed by atoms with E-state index in [1.165, 1.54) is 51.4 Å². The number of fused-ring (bicyclic) bond motifs is 1. The van der Waals surface area contributed by atoms with E-state index in [1.54, 1.807) is 0 Å². The fourth-order valence-electron chi connectivity index (χ4n) is 3.96. The second-order valence-electron chi connectivity index (χ2n) is 8.36. The van der Waals surface area contributed by atoms with Gasteiger partial charge in [-0.25, -0.2) is 0 Å². The van der Waals surface area contributed by atoms with Crippen molar-refractivity contribution in [3.05, 3.63) is 41.5 Å². The van der Waals surface area contributed by atoms with Gasteiger partial charge >= 0.3 is 0 Å². The molecule has 2 nitrogen and oxygen atoms in total. The van der Waals surface area contributed by atoms with Crippen molar-refractivity contribution in [3.8, 4) is 0 Å². The maximum atomic E-state index is 6.95. The van der Waals surface area contributed by atoms with E-state index >= 15 is 0 Å². The lowest BCUT2D eigenvalue weighted by Gasteiger charge is -2.33. The summed E-state index contributed by atoms with van der Waals surface area (Å²) < 4.78 is 12.3. The van der Waals surface area contributed by atoms with E-state index in [0.29, 0.717) is 13.0 Å². The van der Waals surface area contributed by atoms with Gasteiger partial charge in [0.15, 0.2) is 5.06 Å². The molecule has 1 aromatic rings. The highest BCUT2D eigenvalue weighted by Crippen LogP contribution is 2.43. The number of ether oxygens (including phenoxy) is 2. The van der Waals surface area contributed by atoms with Gasteiger partial charge in [0.1, 0.15) is 5.76 Å². The first-order chi connectivity index (χ1) is 15.2. The zero-order valence-corrected chi connectivity index (χ0v) is 21.1. The van der Waals surface area contributed by atoms with Crippen LogP contribution in [-0.4, -0.2) is 25.0 Å². The van der Waals surface area contributed by atoms with Crippen molar-refractivity contribution in [2.45, 2.75) is 88.5 Å². The van der Waals surface area contributed by atoms with Crippen LogP contribution in [0, 0.1) is 0 Å². The Kier molecular flexibility index (Phi) is 14.1. The highest BCUT2D eigenvalue weighted by Gasteiger charge is 2.36. The monoisotopic (exact) mass is 488 g/mol. The van der Waals surface area contributed by atoms with Gasteiger partial charge in [0.25, 0.3) is 0 Å². The molecule has 0 radical (unpaired) electrons. The molecule has 2 rings (SSSR count). The van der Waals surface area contributed by atoms with Gasteiger partial charge in [0, 0.05) is 35.9 Å². The van der Waals surface area contributed by atoms with Gasteiger partial charge < -0.3 is 9.47 Å². The fraction of sp³-hybridized carbons (Fsp3) is 0.692. The Morgan fingerprint density at radius 1 is 0.710 bits per heavy atom. The van der Waals surface area contributed by atoms with Crippen LogP contribution in [0.3, 0.4) is 0 Å². The Morgan fingerprint density at radius 3 is 1.90 bits per heavy atom. The molecule has 0 bridgehead atoms. The molecule has 1 aliphatic rings. The van der Waals surface area contributed by atoms with Crippen LogP contribution in [-0.2, 0) is 14.5 Å². The normalized spacial score (nSPS) is 18.0. The highest BCUT2D eigenvalue weighted by atomic mass is 35.5. The van der Waals surface area contributed by atoms with Crippen LogP contribution in [0.5, 0.6) is 0 Å². The van der Waals surface area contributed by atoms with Crippen molar-refractivity contribution in [3.63, 3.8) is 0 Å². The molecule has 0 saturated carbocycles. The molecule has 1 aliphatic carbocycles. The van der Waals surface area contributed by atoms with Crippen LogP contribution in [0.1, 0.15) is 94.6 Å². The number of hydrogen-bond acceptors (Lipinski definition) is 2. The lowest BCUT2D eigenvalue weighted by Crippen LogP contribution is -2.27. The molecular weight excluding hydrogens is 451 g/mol. The van der Waals surface area contributed by atoms with Crippen molar-refractivity contribution in [2.75, 3.05) is 25.0 Å². The maximum Gasteiger partial charge on any atom is 0.171 e. The van der Waals surface area contributed by atoms with E-state index in [4.69, 9.17) is 44.3 Å². The zero-order valence-electron chi connectivity index (χ0n) is 18.9. The molecule has 5 heteroatoms. The summed E-state index contributed by atoms with van der Waals surface area (Å²) in [6.45, 7) is 1.43. The average Bonchev–Trinajstić information content (AvgIpc) is 2.79. The van der Waals surface area contributed by atoms with Crippen LogP contribution in [0.25, 0.3) is 5.76 Å². The summed E-state index contributed by atoms with van der Waals surface area (Å²) in [5.41, 5.74) is 2.09. The summed E-state index contributed by atoms with van der Waals surface area (Å²) >= 11 is 18.4. The Labute approximate surface area is 204 Å². The summed E-state index contributed by atoms with van der Waals surface area (Å²) in [7, 11) is 0. The number of alkyl halides is 3. The quantitative estimate of drug-likeness (QED) is 0.151. The summed E-state index contributed by atoms with van der Waals surface area (Å²) in [6, 6.07) is 8.22. The predicted octanol–water partition coefficient (Wildman–Crippen LogP) is 9.01. The second-order valence-corrected chi connectivity index (χ2v) is 9.73. The van der Waals surface area contributed by atoms with Crippen molar-refractivity contribution >= 4 is 40.6 Å². The van der Waals surface area contributed by atoms with Gasteiger partial charge in [-0.05, 0) is 31.8 Å². The number of halogens is 3. The minimum Gasteiger partial charge on any atom is -0.493 e. The van der Waals surface area contributed by atoms with Crippen LogP contribution >= 0.6 is 34.8 Å². The van der Waals surface area contributed by atoms with Gasteiger partial charge in [-0.2, -0.15) is 0 Å². The molecule has 0 aromatic heterocycles. The van der Waals surface area contributed by atoms with Crippen LogP contribution in [0.2, 0.25) is 0 Å². The van der Waals surface area contributed by atoms with Gasteiger partial charge in [-0.3, -0.25) is 0 Å². The molecule has 0 spiro atoms. The first kappa shape index (κ1) is 26.8. The number of hydrogen-bond donors (Lipinski definition) is 0. The molecule has 176 valence electrons. The zero-order chi connectivity index (χ0) is 22.2.